The number of benzene rings is 2. The van der Waals surface area contributed by atoms with E-state index in [9.17, 15) is 43.2 Å². The maximum atomic E-state index is 15.0. The molecule has 15 N–H and O–H groups in total. The van der Waals surface area contributed by atoms with Gasteiger partial charge in [-0.2, -0.15) is 0 Å². The molecule has 2 aromatic rings. The van der Waals surface area contributed by atoms with Crippen molar-refractivity contribution in [1.29, 1.82) is 0 Å². The Morgan fingerprint density at radius 2 is 0.681 bits per heavy atom. The van der Waals surface area contributed by atoms with Crippen molar-refractivity contribution in [2.75, 3.05) is 32.7 Å². The van der Waals surface area contributed by atoms with Crippen LogP contribution in [0.25, 0.3) is 0 Å². The van der Waals surface area contributed by atoms with E-state index in [1.807, 2.05) is 27.7 Å². The molecule has 2 aromatic carbocycles. The predicted octanol–water partition coefficient (Wildman–Crippen LogP) is 0.842. The highest BCUT2D eigenvalue weighted by atomic mass is 16.2. The summed E-state index contributed by atoms with van der Waals surface area (Å²) in [7, 11) is 0. The van der Waals surface area contributed by atoms with Crippen molar-refractivity contribution in [2.24, 2.45) is 40.9 Å². The number of rotatable bonds is 20. The number of nitrogens with two attached hydrogens (primary N) is 3. The fraction of sp³-hybridized carbons (Fsp3) is 0.652. The highest BCUT2D eigenvalue weighted by Gasteiger charge is 2.43. The Kier molecular flexibility index (Phi) is 30.3. The lowest BCUT2D eigenvalue weighted by atomic mass is 9.99. The van der Waals surface area contributed by atoms with Crippen LogP contribution in [-0.4, -0.2) is 174 Å². The molecule has 91 heavy (non-hydrogen) atoms. The number of hydrogen-bond acceptors (Lipinski definition) is 14. The standard InChI is InChI=1S/C66H104N14O11/c1-39(2)35-48-59(84)75-50(37-43-21-11-9-12-22-43)65(90)79-33-19-28-52(79)61(86)70-45(25-15-16-30-67)58(83)77-54(41(5)6)63(88)71-46(26-17-31-68)56(81)73-49(36-40(3)4)60(85)76-51(38-44-23-13-10-14-24-44)66(91)80-34-20-29-53(80)62(87)78-55(42(7)8)64(89)72-47(27-18-32-69)57(82)74-48/h9-14,21-24,39-42,45-55H,15-20,25-38,67-69H2,1-8H3,(H,70,86)(H,71,88)(H,72,89)(H,73,81)(H,74,82)(H,75,84)(H,76,85)(H,77,83)(H,78,87)/t45-,46+,47+,48+,49+,50-,51-,52+,53+,54+,55+/m1/s1. The zero-order chi connectivity index (χ0) is 66.9. The molecule has 0 saturated carbocycles. The van der Waals surface area contributed by atoms with Gasteiger partial charge in [-0.15, -0.1) is 0 Å². The van der Waals surface area contributed by atoms with Gasteiger partial charge < -0.3 is 74.9 Å². The lowest BCUT2D eigenvalue weighted by Crippen LogP contribution is -2.61. The summed E-state index contributed by atoms with van der Waals surface area (Å²) in [5.41, 5.74) is 19.2. The normalized spacial score (nSPS) is 26.3. The molecule has 3 fully saturated rings. The number of carbonyl (C=O) groups is 11. The van der Waals surface area contributed by atoms with Crippen LogP contribution in [0.15, 0.2) is 60.7 Å². The third-order valence-corrected chi connectivity index (χ3v) is 16.9. The zero-order valence-electron chi connectivity index (χ0n) is 54.7. The fourth-order valence-electron chi connectivity index (χ4n) is 11.9. The van der Waals surface area contributed by atoms with E-state index < -0.39 is 143 Å². The first-order chi connectivity index (χ1) is 43.4. The van der Waals surface area contributed by atoms with E-state index >= 15 is 9.59 Å². The first-order valence-electron chi connectivity index (χ1n) is 32.9. The van der Waals surface area contributed by atoms with Gasteiger partial charge in [-0.1, -0.05) is 116 Å². The Labute approximate surface area is 536 Å². The molecule has 0 unspecified atom stereocenters. The Bertz CT molecular complexity index is 2750. The molecule has 25 nitrogen and oxygen atoms in total. The topological polar surface area (TPSA) is 381 Å². The average Bonchev–Trinajstić information content (AvgIpc) is 1.95. The van der Waals surface area contributed by atoms with E-state index in [0.29, 0.717) is 43.4 Å². The van der Waals surface area contributed by atoms with Gasteiger partial charge in [0.25, 0.3) is 0 Å². The quantitative estimate of drug-likeness (QED) is 0.0818. The fourth-order valence-corrected chi connectivity index (χ4v) is 11.9. The van der Waals surface area contributed by atoms with Crippen molar-refractivity contribution in [2.45, 2.75) is 218 Å². The highest BCUT2D eigenvalue weighted by molar-refractivity contribution is 6.00. The van der Waals surface area contributed by atoms with E-state index in [1.54, 1.807) is 88.4 Å². The second-order valence-electron chi connectivity index (χ2n) is 26.1. The van der Waals surface area contributed by atoms with Crippen molar-refractivity contribution in [3.05, 3.63) is 71.8 Å². The molecule has 0 radical (unpaired) electrons. The minimum absolute atomic E-state index is 0.00201. The largest absolute Gasteiger partial charge is 0.343 e. The first kappa shape index (κ1) is 74.2. The van der Waals surface area contributed by atoms with Gasteiger partial charge in [0.05, 0.1) is 0 Å². The number of nitrogens with one attached hydrogen (secondary N) is 9. The van der Waals surface area contributed by atoms with Crippen LogP contribution in [0.3, 0.4) is 0 Å². The van der Waals surface area contributed by atoms with E-state index in [-0.39, 0.29) is 109 Å². The van der Waals surface area contributed by atoms with Crippen LogP contribution in [0.2, 0.25) is 0 Å². The maximum absolute atomic E-state index is 15.0. The summed E-state index contributed by atoms with van der Waals surface area (Å²) in [6.45, 7) is 15.1. The SMILES string of the molecule is CC(C)C[C@@H]1NC(=O)[C@H](CCCN)NC(=O)[C@H](C(C)C)NC(=O)[C@@H](CCCCN)NC(=O)[C@@H]2CCCN2C(=O)[C@@H](Cc2ccccc2)NC(=O)[C@H](CC(C)C)NC(=O)[C@H](CCCN)NC(=O)[C@H](C(C)C)NC(=O)[C@@H]2CCCN2C(=O)[C@@H](Cc2ccccc2)NC1=O. The van der Waals surface area contributed by atoms with Crippen LogP contribution in [0.1, 0.15) is 150 Å². The Hall–Kier alpha value is -7.51. The summed E-state index contributed by atoms with van der Waals surface area (Å²) in [4.78, 5) is 164. The van der Waals surface area contributed by atoms with Crippen molar-refractivity contribution in [3.8, 4) is 0 Å². The molecule has 3 aliphatic rings. The first-order valence-corrected chi connectivity index (χ1v) is 32.9. The van der Waals surface area contributed by atoms with Gasteiger partial charge in [0.2, 0.25) is 65.0 Å². The van der Waals surface area contributed by atoms with Gasteiger partial charge in [0, 0.05) is 25.9 Å². The monoisotopic (exact) mass is 1270 g/mol. The summed E-state index contributed by atoms with van der Waals surface area (Å²) >= 11 is 0. The summed E-state index contributed by atoms with van der Waals surface area (Å²) in [5.74, 6) is -8.85. The van der Waals surface area contributed by atoms with Gasteiger partial charge in [-0.05, 0) is 138 Å². The molecular weight excluding hydrogens is 1160 g/mol. The lowest BCUT2D eigenvalue weighted by molar-refractivity contribution is -0.143. The molecule has 504 valence electrons. The molecule has 0 aromatic heterocycles. The summed E-state index contributed by atoms with van der Waals surface area (Å²) in [6, 6.07) is 4.64. The molecular formula is C66H104N14O11. The summed E-state index contributed by atoms with van der Waals surface area (Å²) < 4.78 is 0. The number of nitrogens with zero attached hydrogens (tertiary/aromatic N) is 2. The molecule has 3 aliphatic heterocycles. The van der Waals surface area contributed by atoms with E-state index in [0.717, 1.165) is 0 Å². The lowest BCUT2D eigenvalue weighted by Gasteiger charge is -2.32. The number of carbonyl (C=O) groups excluding carboxylic acids is 11. The minimum Gasteiger partial charge on any atom is -0.343 e. The molecule has 11 atom stereocenters. The molecule has 25 heteroatoms. The van der Waals surface area contributed by atoms with Crippen LogP contribution in [0.5, 0.6) is 0 Å². The Balaban J connectivity index is 1.60. The molecule has 0 aliphatic carbocycles. The van der Waals surface area contributed by atoms with Gasteiger partial charge in [-0.3, -0.25) is 52.7 Å². The Morgan fingerprint density at radius 3 is 1.04 bits per heavy atom. The number of amides is 11. The van der Waals surface area contributed by atoms with Crippen molar-refractivity contribution in [3.63, 3.8) is 0 Å². The second kappa shape index (κ2) is 37.1. The third kappa shape index (κ3) is 22.7. The van der Waals surface area contributed by atoms with Crippen LogP contribution in [0, 0.1) is 23.7 Å². The molecule has 3 heterocycles. The van der Waals surface area contributed by atoms with E-state index in [1.165, 1.54) is 9.80 Å². The van der Waals surface area contributed by atoms with Crippen LogP contribution in [-0.2, 0) is 65.6 Å². The van der Waals surface area contributed by atoms with Crippen LogP contribution >= 0.6 is 0 Å². The highest BCUT2D eigenvalue weighted by Crippen LogP contribution is 2.24. The van der Waals surface area contributed by atoms with Gasteiger partial charge >= 0.3 is 0 Å². The molecule has 3 saturated heterocycles. The summed E-state index contributed by atoms with van der Waals surface area (Å²) in [5, 5.41) is 25.7. The van der Waals surface area contributed by atoms with E-state index in [4.69, 9.17) is 17.2 Å². The zero-order valence-corrected chi connectivity index (χ0v) is 54.7. The number of unbranched alkanes of at least 4 members (excludes halogenated alkanes) is 1. The average molecular weight is 1270 g/mol. The van der Waals surface area contributed by atoms with Gasteiger partial charge in [-0.25, -0.2) is 0 Å². The van der Waals surface area contributed by atoms with E-state index in [2.05, 4.69) is 47.9 Å². The Morgan fingerprint density at radius 1 is 0.374 bits per heavy atom. The van der Waals surface area contributed by atoms with Crippen molar-refractivity contribution >= 4 is 65.0 Å². The number of fused-ring (bicyclic) bond motifs is 2. The maximum Gasteiger partial charge on any atom is 0.246 e. The predicted molar refractivity (Wildman–Crippen MR) is 345 cm³/mol. The van der Waals surface area contributed by atoms with Crippen LogP contribution in [0.4, 0.5) is 0 Å². The van der Waals surface area contributed by atoms with Crippen molar-refractivity contribution < 1.29 is 52.7 Å². The minimum atomic E-state index is -1.26. The molecule has 0 bridgehead atoms. The number of hydrogen-bond donors (Lipinski definition) is 12. The summed E-state index contributed by atoms with van der Waals surface area (Å²) in [6.07, 6.45) is 3.16. The smallest absolute Gasteiger partial charge is 0.246 e. The van der Waals surface area contributed by atoms with Gasteiger partial charge in [0.1, 0.15) is 66.5 Å². The second-order valence-corrected chi connectivity index (χ2v) is 26.1. The van der Waals surface area contributed by atoms with Gasteiger partial charge in [0.15, 0.2) is 0 Å². The molecule has 0 spiro atoms. The third-order valence-electron chi connectivity index (χ3n) is 16.9. The molecule has 11 amide bonds. The molecule has 5 rings (SSSR count). The van der Waals surface area contributed by atoms with Crippen molar-refractivity contribution in [1.82, 2.24) is 57.7 Å². The van der Waals surface area contributed by atoms with Crippen LogP contribution < -0.4 is 65.1 Å².